The van der Waals surface area contributed by atoms with Gasteiger partial charge in [-0.3, -0.25) is 0 Å². The van der Waals surface area contributed by atoms with E-state index in [1.807, 2.05) is 0 Å². The van der Waals surface area contributed by atoms with Crippen LogP contribution < -0.4 is 4.74 Å². The minimum absolute atomic E-state index is 0.0973. The Morgan fingerprint density at radius 2 is 1.89 bits per heavy atom. The molecule has 0 spiro atoms. The van der Waals surface area contributed by atoms with Crippen LogP contribution in [0.25, 0.3) is 0 Å². The normalized spacial score (nSPS) is 42.7. The van der Waals surface area contributed by atoms with Crippen LogP contribution in [-0.4, -0.2) is 112 Å². The number of aliphatic hydroxyl groups is 5. The number of phenolic OH excluding ortho intramolecular Hbond substituents is 1. The highest BCUT2D eigenvalue weighted by Crippen LogP contribution is 2.60. The lowest BCUT2D eigenvalue weighted by molar-refractivity contribution is -0.344. The zero-order chi connectivity index (χ0) is 25.8. The van der Waals surface area contributed by atoms with Gasteiger partial charge in [-0.2, -0.15) is 0 Å². The standard InChI is InChI=1S/C23H28O13/c1-31-12-6-9(2-3-11(12)26)20(30)34-18-10-4-5-32-21(14(10)23(8-25)19(18)36-23)35-22-17(29)16(28)15(27)13(7-24)33-22/h2-6,10,13-19,21-22,24-29H,7-8H2,1H3/t10-,13-,14-,15-,16-,17-,18-,19-,21-,22+,23+/m1/s1. The molecular weight excluding hydrogens is 484 g/mol. The molecule has 13 heteroatoms. The summed E-state index contributed by atoms with van der Waals surface area (Å²) in [6.07, 6.45) is -7.19. The van der Waals surface area contributed by atoms with Crippen molar-refractivity contribution < 1.29 is 63.9 Å². The van der Waals surface area contributed by atoms with Gasteiger partial charge in [0.2, 0.25) is 6.29 Å². The van der Waals surface area contributed by atoms with E-state index >= 15 is 0 Å². The molecule has 2 saturated heterocycles. The van der Waals surface area contributed by atoms with Crippen molar-refractivity contribution in [3.05, 3.63) is 36.1 Å². The first kappa shape index (κ1) is 25.2. The third kappa shape index (κ3) is 3.92. The number of methoxy groups -OCH3 is 1. The topological polar surface area (TPSA) is 197 Å². The summed E-state index contributed by atoms with van der Waals surface area (Å²) in [7, 11) is 1.35. The van der Waals surface area contributed by atoms with Crippen molar-refractivity contribution in [2.75, 3.05) is 20.3 Å². The van der Waals surface area contributed by atoms with Crippen molar-refractivity contribution >= 4 is 5.97 Å². The lowest BCUT2D eigenvalue weighted by Crippen LogP contribution is -2.60. The number of aromatic hydroxyl groups is 1. The highest BCUT2D eigenvalue weighted by molar-refractivity contribution is 5.90. The third-order valence-corrected chi connectivity index (χ3v) is 7.26. The maximum absolute atomic E-state index is 12.9. The molecule has 1 aromatic carbocycles. The molecule has 0 unspecified atom stereocenters. The van der Waals surface area contributed by atoms with Gasteiger partial charge >= 0.3 is 5.97 Å². The van der Waals surface area contributed by atoms with Crippen molar-refractivity contribution in [1.29, 1.82) is 0 Å². The first-order valence-electron chi connectivity index (χ1n) is 11.4. The van der Waals surface area contributed by atoms with Crippen LogP contribution in [0.15, 0.2) is 30.5 Å². The van der Waals surface area contributed by atoms with Crippen molar-refractivity contribution in [2.45, 2.75) is 54.8 Å². The minimum Gasteiger partial charge on any atom is -0.504 e. The Morgan fingerprint density at radius 3 is 2.58 bits per heavy atom. The van der Waals surface area contributed by atoms with Crippen LogP contribution in [0, 0.1) is 11.8 Å². The predicted octanol–water partition coefficient (Wildman–Crippen LogP) is -2.01. The van der Waals surface area contributed by atoms with Gasteiger partial charge in [-0.15, -0.1) is 0 Å². The van der Waals surface area contributed by atoms with Crippen LogP contribution in [0.4, 0.5) is 0 Å². The average molecular weight is 512 g/mol. The molecule has 3 fully saturated rings. The monoisotopic (exact) mass is 512 g/mol. The lowest BCUT2D eigenvalue weighted by Gasteiger charge is -2.43. The molecule has 0 bridgehead atoms. The zero-order valence-electron chi connectivity index (χ0n) is 19.1. The fourth-order valence-electron chi connectivity index (χ4n) is 5.28. The van der Waals surface area contributed by atoms with Crippen molar-refractivity contribution in [1.82, 2.24) is 0 Å². The van der Waals surface area contributed by atoms with Gasteiger partial charge in [0.1, 0.15) is 42.2 Å². The van der Waals surface area contributed by atoms with Crippen LogP contribution in [0.3, 0.4) is 0 Å². The van der Waals surface area contributed by atoms with E-state index < -0.39 is 85.8 Å². The lowest BCUT2D eigenvalue weighted by atomic mass is 9.85. The summed E-state index contributed by atoms with van der Waals surface area (Å²) in [6.45, 7) is -1.07. The number of epoxide rings is 1. The molecule has 5 rings (SSSR count). The molecule has 1 aromatic rings. The Hall–Kier alpha value is -2.49. The van der Waals surface area contributed by atoms with E-state index in [1.165, 1.54) is 31.6 Å². The Bertz CT molecular complexity index is 1010. The summed E-state index contributed by atoms with van der Waals surface area (Å²) in [5, 5.41) is 59.8. The fourth-order valence-corrected chi connectivity index (χ4v) is 5.28. The summed E-state index contributed by atoms with van der Waals surface area (Å²) in [5.74, 6) is -1.95. The number of benzene rings is 1. The van der Waals surface area contributed by atoms with Gasteiger partial charge in [0.25, 0.3) is 0 Å². The Kier molecular flexibility index (Phi) is 6.59. The van der Waals surface area contributed by atoms with E-state index in [2.05, 4.69) is 0 Å². The van der Waals surface area contributed by atoms with E-state index in [-0.39, 0.29) is 17.1 Å². The van der Waals surface area contributed by atoms with Gasteiger partial charge in [0, 0.05) is 5.92 Å². The molecule has 0 radical (unpaired) electrons. The summed E-state index contributed by atoms with van der Waals surface area (Å²) in [6, 6.07) is 4.02. The summed E-state index contributed by atoms with van der Waals surface area (Å²) in [4.78, 5) is 12.9. The molecule has 1 aliphatic carbocycles. The van der Waals surface area contributed by atoms with E-state index in [0.717, 1.165) is 0 Å². The number of hydrogen-bond acceptors (Lipinski definition) is 13. The van der Waals surface area contributed by atoms with Gasteiger partial charge in [-0.1, -0.05) is 0 Å². The molecule has 0 aromatic heterocycles. The summed E-state index contributed by atoms with van der Waals surface area (Å²) in [5.41, 5.74) is -1.03. The van der Waals surface area contributed by atoms with Gasteiger partial charge in [0.15, 0.2) is 17.8 Å². The quantitative estimate of drug-likeness (QED) is 0.173. The first-order valence-corrected chi connectivity index (χ1v) is 11.4. The van der Waals surface area contributed by atoms with Crippen LogP contribution >= 0.6 is 0 Å². The minimum atomic E-state index is -1.66. The van der Waals surface area contributed by atoms with Crippen LogP contribution in [-0.2, 0) is 23.7 Å². The molecule has 3 aliphatic heterocycles. The number of carbonyl (C=O) groups is 1. The number of esters is 1. The maximum atomic E-state index is 12.9. The van der Waals surface area contributed by atoms with Gasteiger partial charge < -0.3 is 59.1 Å². The highest BCUT2D eigenvalue weighted by atomic mass is 16.8. The third-order valence-electron chi connectivity index (χ3n) is 7.26. The summed E-state index contributed by atoms with van der Waals surface area (Å²) < 4.78 is 33.4. The second kappa shape index (κ2) is 9.43. The Morgan fingerprint density at radius 1 is 1.11 bits per heavy atom. The number of ether oxygens (including phenoxy) is 6. The molecule has 13 nitrogen and oxygen atoms in total. The Balaban J connectivity index is 1.35. The number of hydrogen-bond donors (Lipinski definition) is 6. The van der Waals surface area contributed by atoms with Crippen LogP contribution in [0.5, 0.6) is 11.5 Å². The van der Waals surface area contributed by atoms with Crippen LogP contribution in [0.2, 0.25) is 0 Å². The predicted molar refractivity (Wildman–Crippen MR) is 114 cm³/mol. The van der Waals surface area contributed by atoms with Gasteiger partial charge in [-0.25, -0.2) is 4.79 Å². The van der Waals surface area contributed by atoms with Gasteiger partial charge in [0.05, 0.1) is 38.1 Å². The fraction of sp³-hybridized carbons (Fsp3) is 0.609. The smallest absolute Gasteiger partial charge is 0.338 e. The molecule has 11 atom stereocenters. The number of aliphatic hydroxyl groups excluding tert-OH is 5. The molecule has 3 heterocycles. The van der Waals surface area contributed by atoms with E-state index in [1.54, 1.807) is 6.08 Å². The number of rotatable bonds is 7. The molecule has 0 amide bonds. The SMILES string of the molecule is COc1cc(C(=O)O[C@@H]2[C@@H]3C=CO[C@H](O[C@@H]4O[C@H](CO)[C@@H](O)[C@@H](O)[C@H]4O)[C@@H]3[C@]3(CO)O[C@H]23)ccc1O. The number of phenols is 1. The summed E-state index contributed by atoms with van der Waals surface area (Å²) >= 11 is 0. The van der Waals surface area contributed by atoms with Crippen LogP contribution in [0.1, 0.15) is 10.4 Å². The van der Waals surface area contributed by atoms with Crippen molar-refractivity contribution in [3.8, 4) is 11.5 Å². The molecule has 36 heavy (non-hydrogen) atoms. The van der Waals surface area contributed by atoms with E-state index in [9.17, 15) is 35.4 Å². The number of fused-ring (bicyclic) bond motifs is 3. The van der Waals surface area contributed by atoms with Crippen molar-refractivity contribution in [2.24, 2.45) is 11.8 Å². The number of carbonyl (C=O) groups excluding carboxylic acids is 1. The molecular formula is C23H28O13. The first-order chi connectivity index (χ1) is 17.2. The highest BCUT2D eigenvalue weighted by Gasteiger charge is 2.77. The van der Waals surface area contributed by atoms with E-state index in [4.69, 9.17) is 28.4 Å². The molecule has 1 saturated carbocycles. The largest absolute Gasteiger partial charge is 0.504 e. The zero-order valence-corrected chi connectivity index (χ0v) is 19.1. The van der Waals surface area contributed by atoms with E-state index in [0.29, 0.717) is 0 Å². The second-order valence-corrected chi connectivity index (χ2v) is 9.18. The Labute approximate surface area is 205 Å². The maximum Gasteiger partial charge on any atom is 0.338 e. The molecule has 6 N–H and O–H groups in total. The average Bonchev–Trinajstić information content (AvgIpc) is 3.56. The van der Waals surface area contributed by atoms with Gasteiger partial charge in [-0.05, 0) is 24.3 Å². The molecule has 198 valence electrons. The van der Waals surface area contributed by atoms with Crippen molar-refractivity contribution in [3.63, 3.8) is 0 Å². The second-order valence-electron chi connectivity index (χ2n) is 9.18. The molecule has 4 aliphatic rings.